The highest BCUT2D eigenvalue weighted by molar-refractivity contribution is 5.78. The third-order valence-corrected chi connectivity index (χ3v) is 1.60. The van der Waals surface area contributed by atoms with Gasteiger partial charge in [-0.2, -0.15) is 0 Å². The van der Waals surface area contributed by atoms with Crippen molar-refractivity contribution in [1.82, 2.24) is 4.98 Å². The number of fused-ring (bicyclic) bond motifs is 1. The predicted octanol–water partition coefficient (Wildman–Crippen LogP) is 2.46. The van der Waals surface area contributed by atoms with Gasteiger partial charge >= 0.3 is 0 Å². The van der Waals surface area contributed by atoms with Crippen molar-refractivity contribution in [2.45, 2.75) is 6.92 Å². The number of hydrogen-bond donors (Lipinski definition) is 1. The first-order chi connectivity index (χ1) is 7.11. The summed E-state index contributed by atoms with van der Waals surface area (Å²) in [7, 11) is 0. The molecule has 0 saturated carbocycles. The third-order valence-electron chi connectivity index (χ3n) is 1.60. The summed E-state index contributed by atoms with van der Waals surface area (Å²) in [5.41, 5.74) is 0.701. The number of hydrogen-bond acceptors (Lipinski definition) is 2. The van der Waals surface area contributed by atoms with Crippen molar-refractivity contribution in [1.29, 1.82) is 0 Å². The lowest BCUT2D eigenvalue weighted by Crippen LogP contribution is -1.80. The quantitative estimate of drug-likeness (QED) is 0.721. The van der Waals surface area contributed by atoms with E-state index in [9.17, 15) is 4.39 Å². The largest absolute Gasteiger partial charge is 0.481 e. The van der Waals surface area contributed by atoms with E-state index in [4.69, 9.17) is 9.90 Å². The minimum Gasteiger partial charge on any atom is -0.481 e. The van der Waals surface area contributed by atoms with Crippen LogP contribution in [-0.4, -0.2) is 16.1 Å². The zero-order valence-electron chi connectivity index (χ0n) is 8.14. The molecule has 0 aliphatic heterocycles. The molecule has 0 amide bonds. The molecule has 1 N–H and O–H groups in total. The molecule has 1 aromatic heterocycles. The topological polar surface area (TPSA) is 50.2 Å². The van der Waals surface area contributed by atoms with Crippen molar-refractivity contribution in [3.8, 4) is 0 Å². The molecule has 2 rings (SSSR count). The van der Waals surface area contributed by atoms with Crippen molar-refractivity contribution in [3.05, 3.63) is 42.3 Å². The van der Waals surface area contributed by atoms with Crippen LogP contribution in [0.25, 0.3) is 10.9 Å². The van der Waals surface area contributed by atoms with Gasteiger partial charge in [-0.25, -0.2) is 4.39 Å². The van der Waals surface area contributed by atoms with E-state index in [0.29, 0.717) is 10.9 Å². The van der Waals surface area contributed by atoms with E-state index in [2.05, 4.69) is 4.98 Å². The molecule has 0 radical (unpaired) electrons. The number of carbonyl (C=O) groups is 1. The summed E-state index contributed by atoms with van der Waals surface area (Å²) in [5, 5.41) is 8.00. The summed E-state index contributed by atoms with van der Waals surface area (Å²) >= 11 is 0. The van der Waals surface area contributed by atoms with Crippen LogP contribution in [0.2, 0.25) is 0 Å². The molecule has 0 unspecified atom stereocenters. The molecule has 4 heteroatoms. The van der Waals surface area contributed by atoms with Crippen molar-refractivity contribution in [2.24, 2.45) is 0 Å². The summed E-state index contributed by atoms with van der Waals surface area (Å²) < 4.78 is 12.9. The molecular formula is C11H10FNO2. The van der Waals surface area contributed by atoms with Gasteiger partial charge < -0.3 is 5.11 Å². The van der Waals surface area contributed by atoms with Crippen LogP contribution < -0.4 is 0 Å². The first kappa shape index (κ1) is 11.1. The number of aliphatic carboxylic acids is 1. The summed E-state index contributed by atoms with van der Waals surface area (Å²) in [4.78, 5) is 13.0. The number of pyridine rings is 1. The molecule has 0 atom stereocenters. The Hall–Kier alpha value is -1.97. The van der Waals surface area contributed by atoms with Crippen LogP contribution in [0.3, 0.4) is 0 Å². The number of benzene rings is 1. The summed E-state index contributed by atoms with van der Waals surface area (Å²) in [6.07, 6.45) is 1.47. The van der Waals surface area contributed by atoms with E-state index < -0.39 is 5.97 Å². The molecule has 0 spiro atoms. The lowest BCUT2D eigenvalue weighted by Gasteiger charge is -1.95. The van der Waals surface area contributed by atoms with Crippen LogP contribution >= 0.6 is 0 Å². The molecule has 0 aliphatic rings. The molecule has 0 fully saturated rings. The second-order valence-corrected chi connectivity index (χ2v) is 2.83. The summed E-state index contributed by atoms with van der Waals surface area (Å²) in [5.74, 6) is -1.05. The Kier molecular flexibility index (Phi) is 3.74. The smallest absolute Gasteiger partial charge is 0.300 e. The van der Waals surface area contributed by atoms with E-state index in [-0.39, 0.29) is 5.82 Å². The van der Waals surface area contributed by atoms with E-state index in [1.54, 1.807) is 18.2 Å². The maximum atomic E-state index is 12.9. The molecule has 0 aliphatic carbocycles. The maximum absolute atomic E-state index is 12.9. The van der Waals surface area contributed by atoms with Crippen LogP contribution in [0.5, 0.6) is 0 Å². The Morgan fingerprint density at radius 1 is 1.33 bits per heavy atom. The monoisotopic (exact) mass is 207 g/mol. The molecule has 1 heterocycles. The van der Waals surface area contributed by atoms with Crippen molar-refractivity contribution in [3.63, 3.8) is 0 Å². The fourth-order valence-corrected chi connectivity index (χ4v) is 1.06. The zero-order chi connectivity index (χ0) is 11.3. The lowest BCUT2D eigenvalue weighted by atomic mass is 10.2. The van der Waals surface area contributed by atoms with Gasteiger partial charge in [0.05, 0.1) is 5.52 Å². The molecule has 2 aromatic rings. The van der Waals surface area contributed by atoms with Crippen LogP contribution in [0.4, 0.5) is 4.39 Å². The van der Waals surface area contributed by atoms with Gasteiger partial charge in [0.25, 0.3) is 5.97 Å². The van der Waals surface area contributed by atoms with Crippen LogP contribution in [0.15, 0.2) is 36.5 Å². The predicted molar refractivity (Wildman–Crippen MR) is 55.0 cm³/mol. The van der Waals surface area contributed by atoms with Gasteiger partial charge in [0.1, 0.15) is 5.82 Å². The van der Waals surface area contributed by atoms with Gasteiger partial charge in [0.2, 0.25) is 0 Å². The third kappa shape index (κ3) is 3.34. The summed E-state index contributed by atoms with van der Waals surface area (Å²) in [6, 6.07) is 8.51. The molecule has 15 heavy (non-hydrogen) atoms. The van der Waals surface area contributed by atoms with Gasteiger partial charge in [-0.15, -0.1) is 0 Å². The van der Waals surface area contributed by atoms with Crippen LogP contribution in [0, 0.1) is 5.82 Å². The molecule has 0 bridgehead atoms. The number of nitrogens with zero attached hydrogens (tertiary/aromatic N) is 1. The minimum absolute atomic E-state index is 0.212. The highest BCUT2D eigenvalue weighted by Gasteiger charge is 1.96. The first-order valence-electron chi connectivity index (χ1n) is 4.30. The number of aromatic nitrogens is 1. The average Bonchev–Trinajstić information content (AvgIpc) is 2.18. The molecule has 0 saturated heterocycles. The Labute approximate surface area is 86.2 Å². The SMILES string of the molecule is CC(=O)O.Fc1ccnc2ccccc12. The Morgan fingerprint density at radius 2 is 1.93 bits per heavy atom. The van der Waals surface area contributed by atoms with E-state index >= 15 is 0 Å². The van der Waals surface area contributed by atoms with Gasteiger partial charge in [-0.1, -0.05) is 12.1 Å². The van der Waals surface area contributed by atoms with Crippen molar-refractivity contribution >= 4 is 16.9 Å². The highest BCUT2D eigenvalue weighted by atomic mass is 19.1. The Bertz CT molecular complexity index is 462. The maximum Gasteiger partial charge on any atom is 0.300 e. The Morgan fingerprint density at radius 3 is 2.53 bits per heavy atom. The van der Waals surface area contributed by atoms with E-state index in [0.717, 1.165) is 6.92 Å². The normalized spacial score (nSPS) is 9.20. The number of carboxylic acids is 1. The first-order valence-corrected chi connectivity index (χ1v) is 4.30. The zero-order valence-corrected chi connectivity index (χ0v) is 8.14. The van der Waals surface area contributed by atoms with E-state index in [1.165, 1.54) is 12.3 Å². The van der Waals surface area contributed by atoms with Gasteiger partial charge in [-0.3, -0.25) is 9.78 Å². The molecule has 1 aromatic carbocycles. The lowest BCUT2D eigenvalue weighted by molar-refractivity contribution is -0.134. The standard InChI is InChI=1S/C9H6FN.C2H4O2/c10-8-5-6-11-9-4-2-1-3-7(8)9;1-2(3)4/h1-6H;1H3,(H,3,4). The fraction of sp³-hybridized carbons (Fsp3) is 0.0909. The van der Waals surface area contributed by atoms with Crippen LogP contribution in [0.1, 0.15) is 6.92 Å². The second-order valence-electron chi connectivity index (χ2n) is 2.83. The Balaban J connectivity index is 0.000000245. The molecule has 3 nitrogen and oxygen atoms in total. The average molecular weight is 207 g/mol. The van der Waals surface area contributed by atoms with E-state index in [1.807, 2.05) is 6.07 Å². The highest BCUT2D eigenvalue weighted by Crippen LogP contribution is 2.13. The van der Waals surface area contributed by atoms with Gasteiger partial charge in [-0.05, 0) is 18.2 Å². The number of halogens is 1. The number of rotatable bonds is 0. The molecule has 78 valence electrons. The summed E-state index contributed by atoms with van der Waals surface area (Å²) in [6.45, 7) is 1.08. The number of para-hydroxylation sites is 1. The van der Waals surface area contributed by atoms with Gasteiger partial charge in [0.15, 0.2) is 0 Å². The van der Waals surface area contributed by atoms with Crippen molar-refractivity contribution in [2.75, 3.05) is 0 Å². The van der Waals surface area contributed by atoms with Gasteiger partial charge in [0, 0.05) is 18.5 Å². The van der Waals surface area contributed by atoms with Crippen LogP contribution in [-0.2, 0) is 4.79 Å². The fourth-order valence-electron chi connectivity index (χ4n) is 1.06. The minimum atomic E-state index is -0.833. The number of carboxylic acid groups (broad SMARTS) is 1. The van der Waals surface area contributed by atoms with Crippen molar-refractivity contribution < 1.29 is 14.3 Å². The second kappa shape index (κ2) is 5.05. The molecular weight excluding hydrogens is 197 g/mol.